The van der Waals surface area contributed by atoms with Gasteiger partial charge in [0.1, 0.15) is 5.82 Å². The number of anilines is 2. The van der Waals surface area contributed by atoms with Crippen molar-refractivity contribution >= 4 is 11.5 Å². The first-order valence-electron chi connectivity index (χ1n) is 5.90. The van der Waals surface area contributed by atoms with Crippen molar-refractivity contribution in [1.82, 2.24) is 4.98 Å². The molecule has 1 saturated carbocycles. The third kappa shape index (κ3) is 2.27. The summed E-state index contributed by atoms with van der Waals surface area (Å²) in [4.78, 5) is 4.09. The summed E-state index contributed by atoms with van der Waals surface area (Å²) in [5, 5.41) is 3.56. The lowest BCUT2D eigenvalue weighted by molar-refractivity contribution is 0.435. The molecule has 0 aromatic carbocycles. The van der Waals surface area contributed by atoms with Gasteiger partial charge in [0.2, 0.25) is 0 Å². The fourth-order valence-corrected chi connectivity index (χ4v) is 2.38. The fourth-order valence-electron chi connectivity index (χ4n) is 2.38. The summed E-state index contributed by atoms with van der Waals surface area (Å²) in [6.07, 6.45) is 4.32. The molecule has 0 radical (unpaired) electrons. The molecule has 4 nitrogen and oxygen atoms in total. The Morgan fingerprint density at radius 1 is 1.38 bits per heavy atom. The van der Waals surface area contributed by atoms with Crippen molar-refractivity contribution in [2.75, 3.05) is 10.7 Å². The molecule has 3 atom stereocenters. The van der Waals surface area contributed by atoms with Gasteiger partial charge in [-0.3, -0.25) is 0 Å². The zero-order chi connectivity index (χ0) is 11.5. The van der Waals surface area contributed by atoms with Crippen LogP contribution >= 0.6 is 0 Å². The monoisotopic (exact) mass is 220 g/mol. The molecule has 3 unspecified atom stereocenters. The summed E-state index contributed by atoms with van der Waals surface area (Å²) in [7, 11) is 0. The van der Waals surface area contributed by atoms with Crippen LogP contribution in [0.3, 0.4) is 0 Å². The Bertz CT molecular complexity index is 353. The third-order valence-electron chi connectivity index (χ3n) is 3.73. The molecule has 4 heteroatoms. The van der Waals surface area contributed by atoms with Gasteiger partial charge in [-0.1, -0.05) is 13.8 Å². The fraction of sp³-hybridized carbons (Fsp3) is 0.583. The van der Waals surface area contributed by atoms with E-state index >= 15 is 0 Å². The molecule has 88 valence electrons. The Kier molecular flexibility index (Phi) is 3.29. The molecule has 2 rings (SSSR count). The van der Waals surface area contributed by atoms with Gasteiger partial charge in [0.25, 0.3) is 0 Å². The molecule has 0 aliphatic heterocycles. The van der Waals surface area contributed by atoms with Crippen LogP contribution in [0.2, 0.25) is 0 Å². The normalized spacial score (nSPS) is 29.1. The highest BCUT2D eigenvalue weighted by atomic mass is 15.2. The molecular weight excluding hydrogens is 200 g/mol. The minimum atomic E-state index is 0.572. The second-order valence-electron chi connectivity index (χ2n) is 4.74. The predicted octanol–water partition coefficient (Wildman–Crippen LogP) is 2.21. The van der Waals surface area contributed by atoms with Gasteiger partial charge in [0, 0.05) is 24.0 Å². The average molecular weight is 220 g/mol. The second kappa shape index (κ2) is 4.70. The summed E-state index contributed by atoms with van der Waals surface area (Å²) in [6.45, 7) is 4.64. The molecule has 4 N–H and O–H groups in total. The zero-order valence-electron chi connectivity index (χ0n) is 9.90. The third-order valence-corrected chi connectivity index (χ3v) is 3.73. The van der Waals surface area contributed by atoms with Gasteiger partial charge in [-0.2, -0.15) is 0 Å². The molecule has 1 aromatic rings. The van der Waals surface area contributed by atoms with Crippen LogP contribution in [0.1, 0.15) is 26.7 Å². The summed E-state index contributed by atoms with van der Waals surface area (Å²) in [6, 6.07) is 4.50. The number of hydrogen-bond donors (Lipinski definition) is 3. The highest BCUT2D eigenvalue weighted by Crippen LogP contribution is 2.33. The first-order valence-corrected chi connectivity index (χ1v) is 5.90. The van der Waals surface area contributed by atoms with E-state index in [1.807, 2.05) is 12.1 Å². The van der Waals surface area contributed by atoms with Crippen molar-refractivity contribution in [2.45, 2.75) is 32.7 Å². The van der Waals surface area contributed by atoms with Crippen molar-refractivity contribution < 1.29 is 0 Å². The number of hydrogen-bond acceptors (Lipinski definition) is 4. The van der Waals surface area contributed by atoms with E-state index in [0.717, 1.165) is 17.5 Å². The molecular formula is C12H20N4. The molecule has 0 saturated heterocycles. The molecule has 1 heterocycles. The number of nitrogens with zero attached hydrogens (tertiary/aromatic N) is 1. The smallest absolute Gasteiger partial charge is 0.141 e. The standard InChI is InChI=1S/C12H20N4/c1-8-3-4-11(9(8)2)15-10-5-6-14-12(7-10)16-13/h5-9,11H,3-4,13H2,1-2H3,(H2,14,15,16). The van der Waals surface area contributed by atoms with Crippen LogP contribution in [0.4, 0.5) is 11.5 Å². The van der Waals surface area contributed by atoms with Crippen molar-refractivity contribution in [3.8, 4) is 0 Å². The van der Waals surface area contributed by atoms with Gasteiger partial charge in [-0.25, -0.2) is 10.8 Å². The Morgan fingerprint density at radius 2 is 2.19 bits per heavy atom. The van der Waals surface area contributed by atoms with Crippen LogP contribution in [0, 0.1) is 11.8 Å². The van der Waals surface area contributed by atoms with Gasteiger partial charge < -0.3 is 10.7 Å². The van der Waals surface area contributed by atoms with Crippen LogP contribution in [0.25, 0.3) is 0 Å². The molecule has 1 fully saturated rings. The van der Waals surface area contributed by atoms with Crippen LogP contribution in [-0.2, 0) is 0 Å². The summed E-state index contributed by atoms with van der Waals surface area (Å²) >= 11 is 0. The van der Waals surface area contributed by atoms with Crippen LogP contribution in [0.5, 0.6) is 0 Å². The Morgan fingerprint density at radius 3 is 2.81 bits per heavy atom. The van der Waals surface area contributed by atoms with E-state index in [0.29, 0.717) is 11.9 Å². The lowest BCUT2D eigenvalue weighted by atomic mass is 9.98. The molecule has 0 bridgehead atoms. The van der Waals surface area contributed by atoms with E-state index < -0.39 is 0 Å². The number of hydrazine groups is 1. The number of aromatic nitrogens is 1. The zero-order valence-corrected chi connectivity index (χ0v) is 9.90. The first-order chi connectivity index (χ1) is 7.70. The lowest BCUT2D eigenvalue weighted by Crippen LogP contribution is -2.24. The van der Waals surface area contributed by atoms with E-state index in [-0.39, 0.29) is 0 Å². The van der Waals surface area contributed by atoms with Gasteiger partial charge in [-0.15, -0.1) is 0 Å². The molecule has 1 aliphatic carbocycles. The predicted molar refractivity (Wildman–Crippen MR) is 67.0 cm³/mol. The Balaban J connectivity index is 2.03. The van der Waals surface area contributed by atoms with Crippen LogP contribution < -0.4 is 16.6 Å². The summed E-state index contributed by atoms with van der Waals surface area (Å²) in [5.41, 5.74) is 3.65. The molecule has 1 aromatic heterocycles. The molecule has 0 spiro atoms. The van der Waals surface area contributed by atoms with E-state index in [1.54, 1.807) is 6.20 Å². The highest BCUT2D eigenvalue weighted by molar-refractivity contribution is 5.52. The number of rotatable bonds is 3. The minimum absolute atomic E-state index is 0.572. The number of nitrogens with one attached hydrogen (secondary N) is 2. The average Bonchev–Trinajstić information content (AvgIpc) is 2.61. The van der Waals surface area contributed by atoms with E-state index in [1.165, 1.54) is 12.8 Å². The maximum absolute atomic E-state index is 5.34. The van der Waals surface area contributed by atoms with Crippen LogP contribution in [-0.4, -0.2) is 11.0 Å². The van der Waals surface area contributed by atoms with Gasteiger partial charge in [0.15, 0.2) is 0 Å². The van der Waals surface area contributed by atoms with E-state index in [4.69, 9.17) is 5.84 Å². The van der Waals surface area contributed by atoms with Crippen molar-refractivity contribution in [2.24, 2.45) is 17.7 Å². The van der Waals surface area contributed by atoms with Gasteiger partial charge >= 0.3 is 0 Å². The SMILES string of the molecule is CC1CCC(Nc2ccnc(NN)c2)C1C. The summed E-state index contributed by atoms with van der Waals surface area (Å²) in [5.74, 6) is 7.57. The van der Waals surface area contributed by atoms with Gasteiger partial charge in [0.05, 0.1) is 0 Å². The quantitative estimate of drug-likeness (QED) is 0.540. The van der Waals surface area contributed by atoms with Crippen molar-refractivity contribution in [3.05, 3.63) is 18.3 Å². The number of nitrogens with two attached hydrogens (primary N) is 1. The maximum Gasteiger partial charge on any atom is 0.141 e. The van der Waals surface area contributed by atoms with Crippen molar-refractivity contribution in [1.29, 1.82) is 0 Å². The van der Waals surface area contributed by atoms with Gasteiger partial charge in [-0.05, 0) is 30.7 Å². The maximum atomic E-state index is 5.34. The van der Waals surface area contributed by atoms with E-state index in [9.17, 15) is 0 Å². The number of nitrogen functional groups attached to an aromatic ring is 1. The largest absolute Gasteiger partial charge is 0.382 e. The number of pyridine rings is 1. The Labute approximate surface area is 96.6 Å². The molecule has 0 amide bonds. The summed E-state index contributed by atoms with van der Waals surface area (Å²) < 4.78 is 0. The molecule has 16 heavy (non-hydrogen) atoms. The van der Waals surface area contributed by atoms with Crippen molar-refractivity contribution in [3.63, 3.8) is 0 Å². The Hall–Kier alpha value is -1.29. The van der Waals surface area contributed by atoms with Crippen LogP contribution in [0.15, 0.2) is 18.3 Å². The first kappa shape index (κ1) is 11.2. The second-order valence-corrected chi connectivity index (χ2v) is 4.74. The minimum Gasteiger partial charge on any atom is -0.382 e. The topological polar surface area (TPSA) is 63.0 Å². The highest BCUT2D eigenvalue weighted by Gasteiger charge is 2.29. The molecule has 1 aliphatic rings. The lowest BCUT2D eigenvalue weighted by Gasteiger charge is -2.21. The van der Waals surface area contributed by atoms with E-state index in [2.05, 4.69) is 29.6 Å².